The Morgan fingerprint density at radius 2 is 1.94 bits per heavy atom. The van der Waals surface area contributed by atoms with E-state index in [1.807, 2.05) is 76.3 Å². The lowest BCUT2D eigenvalue weighted by molar-refractivity contribution is -0.102. The van der Waals surface area contributed by atoms with Gasteiger partial charge >= 0.3 is 6.01 Å². The van der Waals surface area contributed by atoms with E-state index in [9.17, 15) is 4.79 Å². The van der Waals surface area contributed by atoms with E-state index in [1.54, 1.807) is 0 Å². The van der Waals surface area contributed by atoms with Gasteiger partial charge in [0.2, 0.25) is 5.89 Å². The lowest BCUT2D eigenvalue weighted by atomic mass is 9.99. The van der Waals surface area contributed by atoms with Crippen LogP contribution < -0.4 is 15.8 Å². The maximum Gasteiger partial charge on any atom is 0.312 e. The number of aliphatic imine (C=N–C) groups is 1. The van der Waals surface area contributed by atoms with Crippen LogP contribution in [0.3, 0.4) is 0 Å². The van der Waals surface area contributed by atoms with Gasteiger partial charge in [-0.3, -0.25) is 4.79 Å². The number of anilines is 1. The van der Waals surface area contributed by atoms with Crippen molar-refractivity contribution in [1.82, 2.24) is 20.2 Å². The number of benzene rings is 2. The summed E-state index contributed by atoms with van der Waals surface area (Å²) in [6.07, 6.45) is 0.718. The molecular weight excluding hydrogens is 412 g/mol. The number of nitrogen functional groups attached to an aromatic ring is 1. The van der Waals surface area contributed by atoms with Crippen LogP contribution in [0.4, 0.5) is 11.7 Å². The molecule has 4 rings (SSSR count). The molecule has 0 amide bonds. The molecular formula is C22H28N6O2S. The Morgan fingerprint density at radius 1 is 1.19 bits per heavy atom. The number of nitrogens with zero attached hydrogens (tertiary/aromatic N) is 3. The Balaban J connectivity index is 0.000000208. The second-order valence-corrected chi connectivity index (χ2v) is 7.14. The fourth-order valence-electron chi connectivity index (χ4n) is 2.73. The number of amidine groups is 1. The molecule has 4 N–H and O–H groups in total. The summed E-state index contributed by atoms with van der Waals surface area (Å²) in [5, 5.41) is 10.7. The third-order valence-electron chi connectivity index (χ3n) is 4.10. The Labute approximate surface area is 186 Å². The van der Waals surface area contributed by atoms with Crippen LogP contribution in [0.15, 0.2) is 62.8 Å². The molecule has 1 atom stereocenters. The van der Waals surface area contributed by atoms with E-state index in [0.717, 1.165) is 29.0 Å². The molecule has 2 aromatic carbocycles. The van der Waals surface area contributed by atoms with Crippen LogP contribution in [0.5, 0.6) is 0 Å². The fourth-order valence-corrected chi connectivity index (χ4v) is 3.50. The summed E-state index contributed by atoms with van der Waals surface area (Å²) < 4.78 is 8.12. The first kappa shape index (κ1) is 24.1. The molecule has 31 heavy (non-hydrogen) atoms. The van der Waals surface area contributed by atoms with E-state index in [2.05, 4.69) is 25.2 Å². The van der Waals surface area contributed by atoms with Gasteiger partial charge in [-0.2, -0.15) is 0 Å². The molecule has 0 fully saturated rings. The number of hydrogen-bond donors (Lipinski definition) is 3. The molecule has 0 aliphatic carbocycles. The number of fused-ring (bicyclic) bond motifs is 1. The van der Waals surface area contributed by atoms with Crippen molar-refractivity contribution in [2.24, 2.45) is 4.99 Å². The van der Waals surface area contributed by atoms with Crippen molar-refractivity contribution in [2.75, 3.05) is 19.3 Å². The van der Waals surface area contributed by atoms with Crippen molar-refractivity contribution >= 4 is 35.8 Å². The largest absolute Gasteiger partial charge is 0.408 e. The van der Waals surface area contributed by atoms with Crippen LogP contribution in [0, 0.1) is 6.92 Å². The average Bonchev–Trinajstić information content (AvgIpc) is 3.25. The van der Waals surface area contributed by atoms with Crippen LogP contribution in [-0.2, 0) is 4.79 Å². The molecule has 2 heterocycles. The lowest BCUT2D eigenvalue weighted by Crippen LogP contribution is -2.19. The number of hydrogen-bond acceptors (Lipinski definition) is 9. The summed E-state index contributed by atoms with van der Waals surface area (Å²) >= 11 is 1.42. The number of aryl methyl sites for hydroxylation is 1. The molecule has 1 unspecified atom stereocenters. The fraction of sp³-hybridized carbons (Fsp3) is 0.273. The Morgan fingerprint density at radius 3 is 2.55 bits per heavy atom. The molecule has 8 nitrogen and oxygen atoms in total. The number of nitrogens with two attached hydrogens (primary N) is 1. The zero-order valence-electron chi connectivity index (χ0n) is 18.1. The highest BCUT2D eigenvalue weighted by Gasteiger charge is 2.19. The minimum atomic E-state index is 0.0380. The first-order valence-electron chi connectivity index (χ1n) is 9.96. The van der Waals surface area contributed by atoms with E-state index in [-0.39, 0.29) is 11.9 Å². The second-order valence-electron chi connectivity index (χ2n) is 6.29. The van der Waals surface area contributed by atoms with Gasteiger partial charge in [0.05, 0.1) is 16.5 Å². The zero-order valence-corrected chi connectivity index (χ0v) is 18.9. The van der Waals surface area contributed by atoms with E-state index >= 15 is 0 Å². The maximum atomic E-state index is 10.4. The molecule has 3 aromatic rings. The van der Waals surface area contributed by atoms with Crippen LogP contribution >= 0.6 is 11.9 Å². The highest BCUT2D eigenvalue weighted by molar-refractivity contribution is 7.98. The van der Waals surface area contributed by atoms with Gasteiger partial charge in [-0.25, -0.2) is 4.99 Å². The molecule has 0 bridgehead atoms. The summed E-state index contributed by atoms with van der Waals surface area (Å²) in [6, 6.07) is 16.0. The SMILES string of the molecule is CC.CNCC(c1ccccc1)c1nnc(N)o1.Cc1ccc2c(c1)SNC(C=O)=N2. The van der Waals surface area contributed by atoms with Crippen molar-refractivity contribution < 1.29 is 9.21 Å². The van der Waals surface area contributed by atoms with Crippen molar-refractivity contribution in [3.8, 4) is 0 Å². The minimum absolute atomic E-state index is 0.0380. The van der Waals surface area contributed by atoms with Crippen molar-refractivity contribution in [3.63, 3.8) is 0 Å². The number of rotatable bonds is 5. The van der Waals surface area contributed by atoms with Gasteiger partial charge in [-0.15, -0.1) is 5.10 Å². The highest BCUT2D eigenvalue weighted by Crippen LogP contribution is 2.31. The third-order valence-corrected chi connectivity index (χ3v) is 4.96. The van der Waals surface area contributed by atoms with Crippen molar-refractivity contribution in [3.05, 3.63) is 65.5 Å². The molecule has 164 valence electrons. The minimum Gasteiger partial charge on any atom is -0.408 e. The molecule has 1 aromatic heterocycles. The van der Waals surface area contributed by atoms with Crippen LogP contribution in [0.25, 0.3) is 0 Å². The van der Waals surface area contributed by atoms with Gasteiger partial charge in [0.15, 0.2) is 12.1 Å². The van der Waals surface area contributed by atoms with E-state index < -0.39 is 0 Å². The molecule has 0 spiro atoms. The highest BCUT2D eigenvalue weighted by atomic mass is 32.2. The van der Waals surface area contributed by atoms with Gasteiger partial charge in [0.1, 0.15) is 0 Å². The molecule has 9 heteroatoms. The molecule has 0 radical (unpaired) electrons. The van der Waals surface area contributed by atoms with Crippen LogP contribution in [0.2, 0.25) is 0 Å². The standard InChI is InChI=1S/C11H14N4O.C9H8N2OS.C2H6/c1-13-7-9(8-5-3-2-4-6-8)10-14-15-11(12)16-10;1-6-2-3-7-8(4-6)13-11-9(5-12)10-7;1-2/h2-6,9,13H,7H2,1H3,(H2,12,15);2-5H,1H3,(H,10,11);1-2H3. The van der Waals surface area contributed by atoms with Gasteiger partial charge in [-0.1, -0.05) is 55.3 Å². The zero-order chi connectivity index (χ0) is 22.6. The summed E-state index contributed by atoms with van der Waals surface area (Å²) in [6.45, 7) is 6.76. The predicted octanol–water partition coefficient (Wildman–Crippen LogP) is 3.86. The number of aldehydes is 1. The van der Waals surface area contributed by atoms with Crippen LogP contribution in [-0.4, -0.2) is 35.9 Å². The summed E-state index contributed by atoms with van der Waals surface area (Å²) in [7, 11) is 1.88. The normalized spacial score (nSPS) is 12.6. The summed E-state index contributed by atoms with van der Waals surface area (Å²) in [5.74, 6) is 0.954. The van der Waals surface area contributed by atoms with Crippen LogP contribution in [0.1, 0.15) is 36.8 Å². The van der Waals surface area contributed by atoms with E-state index in [0.29, 0.717) is 11.7 Å². The predicted molar refractivity (Wildman–Crippen MR) is 126 cm³/mol. The Kier molecular flexibility index (Phi) is 9.73. The van der Waals surface area contributed by atoms with Crippen molar-refractivity contribution in [2.45, 2.75) is 31.6 Å². The maximum absolute atomic E-state index is 10.4. The van der Waals surface area contributed by atoms with Gasteiger partial charge in [-0.05, 0) is 49.2 Å². The van der Waals surface area contributed by atoms with Gasteiger partial charge in [0.25, 0.3) is 0 Å². The number of carbonyl (C=O) groups excluding carboxylic acids is 1. The number of aromatic nitrogens is 2. The van der Waals surface area contributed by atoms with Gasteiger partial charge < -0.3 is 20.2 Å². The molecule has 0 saturated heterocycles. The van der Waals surface area contributed by atoms with E-state index in [4.69, 9.17) is 10.2 Å². The number of carbonyl (C=O) groups is 1. The third kappa shape index (κ3) is 6.94. The van der Waals surface area contributed by atoms with E-state index in [1.165, 1.54) is 17.5 Å². The smallest absolute Gasteiger partial charge is 0.312 e. The number of nitrogens with one attached hydrogen (secondary N) is 2. The molecule has 1 aliphatic rings. The Bertz CT molecular complexity index is 991. The second kappa shape index (κ2) is 12.5. The lowest BCUT2D eigenvalue weighted by Gasteiger charge is -2.13. The van der Waals surface area contributed by atoms with Crippen molar-refractivity contribution in [1.29, 1.82) is 0 Å². The topological polar surface area (TPSA) is 118 Å². The van der Waals surface area contributed by atoms with Gasteiger partial charge in [0, 0.05) is 6.54 Å². The molecule has 1 aliphatic heterocycles. The number of likely N-dealkylation sites (N-methyl/N-ethyl adjacent to an activating group) is 1. The summed E-state index contributed by atoms with van der Waals surface area (Å²) in [5.41, 5.74) is 8.61. The first-order valence-corrected chi connectivity index (χ1v) is 10.8. The summed E-state index contributed by atoms with van der Waals surface area (Å²) in [4.78, 5) is 15.6. The quantitative estimate of drug-likeness (QED) is 0.404. The first-order chi connectivity index (χ1) is 15.1. The Hall–Kier alpha value is -3.17. The average molecular weight is 441 g/mol. The monoisotopic (exact) mass is 440 g/mol. The molecule has 0 saturated carbocycles.